The first kappa shape index (κ1) is 15.3. The smallest absolute Gasteiger partial charge is 0.259 e. The van der Waals surface area contributed by atoms with Gasteiger partial charge in [0.2, 0.25) is 5.13 Å². The molecule has 1 atom stereocenters. The summed E-state index contributed by atoms with van der Waals surface area (Å²) in [5.74, 6) is -0.271. The molecule has 4 nitrogen and oxygen atoms in total. The second kappa shape index (κ2) is 7.06. The van der Waals surface area contributed by atoms with E-state index in [0.29, 0.717) is 21.0 Å². The van der Waals surface area contributed by atoms with Gasteiger partial charge in [-0.15, -0.1) is 10.2 Å². The minimum atomic E-state index is -0.271. The number of benzene rings is 1. The largest absolute Gasteiger partial charge is 0.296 e. The van der Waals surface area contributed by atoms with Gasteiger partial charge < -0.3 is 0 Å². The van der Waals surface area contributed by atoms with Gasteiger partial charge in [0.05, 0.1) is 10.6 Å². The molecule has 0 aliphatic heterocycles. The van der Waals surface area contributed by atoms with Crippen LogP contribution in [0.2, 0.25) is 5.02 Å². The Morgan fingerprint density at radius 2 is 2.20 bits per heavy atom. The molecule has 1 aromatic heterocycles. The molecule has 0 aliphatic carbocycles. The third kappa shape index (κ3) is 3.94. The maximum Gasteiger partial charge on any atom is 0.259 e. The van der Waals surface area contributed by atoms with E-state index >= 15 is 0 Å². The molecule has 0 aliphatic rings. The molecule has 0 spiro atoms. The fraction of sp³-hybridized carbons (Fsp3) is 0.308. The normalized spacial score (nSPS) is 12.2. The number of halogens is 1. The molecule has 106 valence electrons. The highest BCUT2D eigenvalue weighted by Crippen LogP contribution is 2.30. The van der Waals surface area contributed by atoms with Crippen molar-refractivity contribution < 1.29 is 4.79 Å². The molecule has 0 saturated carbocycles. The van der Waals surface area contributed by atoms with E-state index in [1.807, 2.05) is 0 Å². The van der Waals surface area contributed by atoms with Gasteiger partial charge in [0, 0.05) is 5.25 Å². The Bertz CT molecular complexity index is 603. The molecule has 2 rings (SSSR count). The van der Waals surface area contributed by atoms with E-state index in [0.717, 1.165) is 10.8 Å². The number of nitrogens with zero attached hydrogens (tertiary/aromatic N) is 2. The van der Waals surface area contributed by atoms with E-state index in [4.69, 9.17) is 11.6 Å². The summed E-state index contributed by atoms with van der Waals surface area (Å²) in [6.45, 7) is 4.26. The lowest BCUT2D eigenvalue weighted by atomic mass is 10.2. The van der Waals surface area contributed by atoms with Gasteiger partial charge in [-0.05, 0) is 18.6 Å². The lowest BCUT2D eigenvalue weighted by Gasteiger charge is -2.03. The predicted octanol–water partition coefficient (Wildman–Crippen LogP) is 4.33. The van der Waals surface area contributed by atoms with Crippen LogP contribution in [-0.4, -0.2) is 21.4 Å². The molecular weight excluding hydrogens is 314 g/mol. The molecule has 1 unspecified atom stereocenters. The third-order valence-corrected chi connectivity index (χ3v) is 5.14. The Morgan fingerprint density at radius 3 is 2.90 bits per heavy atom. The maximum atomic E-state index is 12.1. The quantitative estimate of drug-likeness (QED) is 0.655. The first-order valence-electron chi connectivity index (χ1n) is 6.16. The van der Waals surface area contributed by atoms with Gasteiger partial charge in [-0.3, -0.25) is 10.1 Å². The molecule has 20 heavy (non-hydrogen) atoms. The Labute approximate surface area is 130 Å². The van der Waals surface area contributed by atoms with Crippen molar-refractivity contribution in [2.45, 2.75) is 29.9 Å². The fourth-order valence-corrected chi connectivity index (χ4v) is 3.59. The van der Waals surface area contributed by atoms with Crippen molar-refractivity contribution in [2.24, 2.45) is 0 Å². The number of hydrogen-bond acceptors (Lipinski definition) is 5. The number of amides is 1. The number of carbonyl (C=O) groups is 1. The van der Waals surface area contributed by atoms with E-state index < -0.39 is 0 Å². The van der Waals surface area contributed by atoms with E-state index in [-0.39, 0.29) is 5.91 Å². The molecule has 7 heteroatoms. The van der Waals surface area contributed by atoms with Crippen molar-refractivity contribution in [3.8, 4) is 0 Å². The van der Waals surface area contributed by atoms with E-state index in [2.05, 4.69) is 29.4 Å². The van der Waals surface area contributed by atoms with Gasteiger partial charge in [-0.2, -0.15) is 0 Å². The molecular formula is C13H14ClN3OS2. The topological polar surface area (TPSA) is 54.9 Å². The molecule has 0 saturated heterocycles. The molecule has 1 N–H and O–H groups in total. The van der Waals surface area contributed by atoms with Crippen LogP contribution in [0.3, 0.4) is 0 Å². The Hall–Kier alpha value is -1.11. The van der Waals surface area contributed by atoms with Crippen LogP contribution in [0.15, 0.2) is 28.6 Å². The summed E-state index contributed by atoms with van der Waals surface area (Å²) < 4.78 is 0.855. The van der Waals surface area contributed by atoms with Crippen molar-refractivity contribution in [2.75, 3.05) is 5.32 Å². The van der Waals surface area contributed by atoms with Gasteiger partial charge in [0.1, 0.15) is 0 Å². The van der Waals surface area contributed by atoms with Gasteiger partial charge >= 0.3 is 0 Å². The van der Waals surface area contributed by atoms with Gasteiger partial charge in [0.25, 0.3) is 5.91 Å². The zero-order valence-electron chi connectivity index (χ0n) is 11.1. The number of carbonyl (C=O) groups excluding carboxylic acids is 1. The molecule has 0 bridgehead atoms. The molecule has 0 radical (unpaired) electrons. The average Bonchev–Trinajstić information content (AvgIpc) is 2.86. The number of anilines is 1. The number of thioether (sulfide) groups is 1. The summed E-state index contributed by atoms with van der Waals surface area (Å²) in [6, 6.07) is 6.91. The minimum Gasteiger partial charge on any atom is -0.296 e. The lowest BCUT2D eigenvalue weighted by molar-refractivity contribution is 0.102. The third-order valence-electron chi connectivity index (χ3n) is 2.62. The lowest BCUT2D eigenvalue weighted by Crippen LogP contribution is -2.12. The summed E-state index contributed by atoms with van der Waals surface area (Å²) in [4.78, 5) is 12.1. The molecule has 0 fully saturated rings. The van der Waals surface area contributed by atoms with Crippen molar-refractivity contribution in [1.29, 1.82) is 0 Å². The van der Waals surface area contributed by atoms with Crippen molar-refractivity contribution in [3.63, 3.8) is 0 Å². The fourth-order valence-electron chi connectivity index (χ4n) is 1.37. The summed E-state index contributed by atoms with van der Waals surface area (Å²) in [7, 11) is 0. The van der Waals surface area contributed by atoms with E-state index in [1.54, 1.807) is 36.0 Å². The first-order valence-corrected chi connectivity index (χ1v) is 8.23. The number of aromatic nitrogens is 2. The highest BCUT2D eigenvalue weighted by atomic mass is 35.5. The molecule has 1 amide bonds. The van der Waals surface area contributed by atoms with Crippen LogP contribution in [0.1, 0.15) is 30.6 Å². The second-order valence-electron chi connectivity index (χ2n) is 4.14. The summed E-state index contributed by atoms with van der Waals surface area (Å²) in [5, 5.41) is 12.1. The van der Waals surface area contributed by atoms with E-state index in [1.165, 1.54) is 11.3 Å². The summed E-state index contributed by atoms with van der Waals surface area (Å²) in [6.07, 6.45) is 1.06. The molecule has 1 heterocycles. The van der Waals surface area contributed by atoms with Gasteiger partial charge in [-0.25, -0.2) is 0 Å². The monoisotopic (exact) mass is 327 g/mol. The van der Waals surface area contributed by atoms with Crippen LogP contribution in [0, 0.1) is 0 Å². The minimum absolute atomic E-state index is 0.271. The van der Waals surface area contributed by atoms with Crippen LogP contribution >= 0.6 is 34.7 Å². The molecule has 1 aromatic carbocycles. The summed E-state index contributed by atoms with van der Waals surface area (Å²) >= 11 is 9.01. The van der Waals surface area contributed by atoms with Crippen LogP contribution in [0.5, 0.6) is 0 Å². The zero-order valence-corrected chi connectivity index (χ0v) is 13.5. The number of nitrogens with one attached hydrogen (secondary N) is 1. The highest BCUT2D eigenvalue weighted by molar-refractivity contribution is 8.01. The number of rotatable bonds is 5. The zero-order chi connectivity index (χ0) is 14.5. The first-order chi connectivity index (χ1) is 9.60. The van der Waals surface area contributed by atoms with Crippen LogP contribution in [0.4, 0.5) is 5.13 Å². The Kier molecular flexibility index (Phi) is 5.39. The van der Waals surface area contributed by atoms with Crippen LogP contribution < -0.4 is 5.32 Å². The Balaban J connectivity index is 2.04. The maximum absolute atomic E-state index is 12.1. The van der Waals surface area contributed by atoms with Crippen LogP contribution in [-0.2, 0) is 0 Å². The summed E-state index contributed by atoms with van der Waals surface area (Å²) in [5.41, 5.74) is 0.431. The highest BCUT2D eigenvalue weighted by Gasteiger charge is 2.13. The Morgan fingerprint density at radius 1 is 1.45 bits per heavy atom. The molecule has 2 aromatic rings. The van der Waals surface area contributed by atoms with Gasteiger partial charge in [0.15, 0.2) is 4.34 Å². The van der Waals surface area contributed by atoms with Crippen molar-refractivity contribution in [3.05, 3.63) is 34.9 Å². The van der Waals surface area contributed by atoms with Gasteiger partial charge in [-0.1, -0.05) is 60.7 Å². The van der Waals surface area contributed by atoms with Crippen molar-refractivity contribution in [1.82, 2.24) is 10.2 Å². The standard InChI is InChI=1S/C13H14ClN3OS2/c1-3-8(2)19-13-17-16-12(20-13)15-11(18)9-6-4-5-7-10(9)14/h4-8H,3H2,1-2H3,(H,15,16,18). The van der Waals surface area contributed by atoms with E-state index in [9.17, 15) is 4.79 Å². The van der Waals surface area contributed by atoms with Crippen molar-refractivity contribution >= 4 is 45.7 Å². The number of hydrogen-bond donors (Lipinski definition) is 1. The second-order valence-corrected chi connectivity index (χ2v) is 7.21. The predicted molar refractivity (Wildman–Crippen MR) is 84.9 cm³/mol. The SMILES string of the molecule is CCC(C)Sc1nnc(NC(=O)c2ccccc2Cl)s1. The van der Waals surface area contributed by atoms with Crippen LogP contribution in [0.25, 0.3) is 0 Å². The average molecular weight is 328 g/mol.